The molecule has 0 N–H and O–H groups in total. The predicted octanol–water partition coefficient (Wildman–Crippen LogP) is 13.8. The monoisotopic (exact) mass is 715 g/mol. The molecule has 3 aromatic heterocycles. The molecular weight excluding hydrogens is 683 g/mol. The van der Waals surface area contributed by atoms with E-state index in [1.807, 2.05) is 30.3 Å². The van der Waals surface area contributed by atoms with Crippen LogP contribution in [0.1, 0.15) is 0 Å². The Morgan fingerprint density at radius 3 is 1.66 bits per heavy atom. The molecule has 4 nitrogen and oxygen atoms in total. The number of para-hydroxylation sites is 3. The van der Waals surface area contributed by atoms with Gasteiger partial charge in [0.05, 0.1) is 28.1 Å². The Kier molecular flexibility index (Phi) is 7.46. The lowest BCUT2D eigenvalue weighted by Gasteiger charge is -2.12. The lowest BCUT2D eigenvalue weighted by Crippen LogP contribution is -1.97. The second-order valence-corrected chi connectivity index (χ2v) is 14.2. The van der Waals surface area contributed by atoms with E-state index in [1.165, 1.54) is 10.9 Å². The highest BCUT2D eigenvalue weighted by Gasteiger charge is 2.20. The molecule has 262 valence electrons. The highest BCUT2D eigenvalue weighted by atomic mass is 16.3. The molecule has 0 atom stereocenters. The van der Waals surface area contributed by atoms with Crippen LogP contribution in [0.5, 0.6) is 0 Å². The number of nitrogens with zero attached hydrogens (tertiary/aromatic N) is 3. The minimum atomic E-state index is 0.685. The van der Waals surface area contributed by atoms with Gasteiger partial charge in [0.2, 0.25) is 0 Å². The molecule has 11 aromatic rings. The second kappa shape index (κ2) is 13.1. The summed E-state index contributed by atoms with van der Waals surface area (Å²) in [5, 5.41) is 4.53. The van der Waals surface area contributed by atoms with Gasteiger partial charge in [0.25, 0.3) is 0 Å². The number of hydrogen-bond acceptors (Lipinski definition) is 3. The number of aromatic nitrogens is 3. The molecular formula is C52H33N3O. The fraction of sp³-hybridized carbons (Fsp3) is 0. The minimum Gasteiger partial charge on any atom is -0.453 e. The Morgan fingerprint density at radius 2 is 0.893 bits per heavy atom. The second-order valence-electron chi connectivity index (χ2n) is 14.2. The van der Waals surface area contributed by atoms with E-state index in [0.717, 1.165) is 88.8 Å². The van der Waals surface area contributed by atoms with Gasteiger partial charge in [0.15, 0.2) is 11.4 Å². The highest BCUT2D eigenvalue weighted by Crippen LogP contribution is 2.42. The minimum absolute atomic E-state index is 0.685. The van der Waals surface area contributed by atoms with Gasteiger partial charge in [-0.05, 0) is 47.0 Å². The Balaban J connectivity index is 1.13. The molecule has 0 radical (unpaired) electrons. The van der Waals surface area contributed by atoms with Crippen LogP contribution in [0.25, 0.3) is 106 Å². The van der Waals surface area contributed by atoms with Crippen molar-refractivity contribution in [3.8, 4) is 61.8 Å². The normalized spacial score (nSPS) is 11.6. The van der Waals surface area contributed by atoms with Crippen LogP contribution in [0, 0.1) is 0 Å². The van der Waals surface area contributed by atoms with E-state index >= 15 is 0 Å². The zero-order chi connectivity index (χ0) is 37.0. The molecule has 0 aliphatic rings. The molecule has 0 saturated carbocycles. The predicted molar refractivity (Wildman–Crippen MR) is 231 cm³/mol. The third-order valence-electron chi connectivity index (χ3n) is 10.8. The Hall–Kier alpha value is -7.56. The first-order valence-corrected chi connectivity index (χ1v) is 18.9. The first kappa shape index (κ1) is 31.9. The molecule has 11 rings (SSSR count). The van der Waals surface area contributed by atoms with Gasteiger partial charge in [0, 0.05) is 43.8 Å². The van der Waals surface area contributed by atoms with Crippen LogP contribution in [-0.2, 0) is 0 Å². The molecule has 4 heteroatoms. The van der Waals surface area contributed by atoms with E-state index < -0.39 is 0 Å². The first-order valence-electron chi connectivity index (χ1n) is 18.9. The van der Waals surface area contributed by atoms with Gasteiger partial charge in [-0.3, -0.25) is 0 Å². The zero-order valence-electron chi connectivity index (χ0n) is 30.3. The summed E-state index contributed by atoms with van der Waals surface area (Å²) in [7, 11) is 0. The maximum absolute atomic E-state index is 6.94. The van der Waals surface area contributed by atoms with E-state index in [-0.39, 0.29) is 0 Å². The van der Waals surface area contributed by atoms with E-state index in [1.54, 1.807) is 0 Å². The molecule has 0 unspecified atom stereocenters. The van der Waals surface area contributed by atoms with Crippen LogP contribution < -0.4 is 0 Å². The summed E-state index contributed by atoms with van der Waals surface area (Å²) in [6.07, 6.45) is 0. The number of hydrogen-bond donors (Lipinski definition) is 0. The third kappa shape index (κ3) is 5.31. The Labute approximate surface area is 323 Å². The molecule has 0 bridgehead atoms. The van der Waals surface area contributed by atoms with E-state index in [9.17, 15) is 0 Å². The average molecular weight is 716 g/mol. The topological polar surface area (TPSA) is 43.9 Å². The molecule has 3 heterocycles. The van der Waals surface area contributed by atoms with Crippen molar-refractivity contribution in [1.29, 1.82) is 0 Å². The molecule has 0 fully saturated rings. The van der Waals surface area contributed by atoms with Crippen molar-refractivity contribution in [3.63, 3.8) is 0 Å². The van der Waals surface area contributed by atoms with Gasteiger partial charge in [-0.15, -0.1) is 0 Å². The van der Waals surface area contributed by atoms with Gasteiger partial charge >= 0.3 is 0 Å². The molecule has 0 aliphatic carbocycles. The van der Waals surface area contributed by atoms with Crippen molar-refractivity contribution in [3.05, 3.63) is 200 Å². The Morgan fingerprint density at radius 1 is 0.339 bits per heavy atom. The van der Waals surface area contributed by atoms with Crippen LogP contribution in [0.15, 0.2) is 205 Å². The maximum Gasteiger partial charge on any atom is 0.160 e. The van der Waals surface area contributed by atoms with E-state index in [2.05, 4.69) is 174 Å². The lowest BCUT2D eigenvalue weighted by molar-refractivity contribution is 0.667. The van der Waals surface area contributed by atoms with Crippen molar-refractivity contribution >= 4 is 43.7 Å². The van der Waals surface area contributed by atoms with Crippen molar-refractivity contribution in [2.24, 2.45) is 0 Å². The summed E-state index contributed by atoms with van der Waals surface area (Å²) in [6, 6.07) is 70.1. The van der Waals surface area contributed by atoms with Crippen molar-refractivity contribution < 1.29 is 4.42 Å². The quantitative estimate of drug-likeness (QED) is 0.172. The first-order chi connectivity index (χ1) is 27.8. The molecule has 0 saturated heterocycles. The summed E-state index contributed by atoms with van der Waals surface area (Å²) in [5.74, 6) is 0.685. The highest BCUT2D eigenvalue weighted by molar-refractivity contribution is 6.14. The summed E-state index contributed by atoms with van der Waals surface area (Å²) in [5.41, 5.74) is 14.2. The molecule has 0 amide bonds. The fourth-order valence-electron chi connectivity index (χ4n) is 8.16. The average Bonchev–Trinajstić information content (AvgIpc) is 3.83. The number of fused-ring (bicyclic) bond motifs is 6. The van der Waals surface area contributed by atoms with Gasteiger partial charge in [-0.2, -0.15) is 0 Å². The lowest BCUT2D eigenvalue weighted by atomic mass is 10.0. The van der Waals surface area contributed by atoms with Crippen LogP contribution in [-0.4, -0.2) is 14.5 Å². The van der Waals surface area contributed by atoms with E-state index in [0.29, 0.717) is 5.82 Å². The van der Waals surface area contributed by atoms with Gasteiger partial charge in [0.1, 0.15) is 5.58 Å². The number of furan rings is 1. The van der Waals surface area contributed by atoms with Gasteiger partial charge in [-0.1, -0.05) is 170 Å². The molecule has 0 spiro atoms. The Bertz CT molecular complexity index is 3240. The maximum atomic E-state index is 6.94. The van der Waals surface area contributed by atoms with Crippen molar-refractivity contribution in [2.75, 3.05) is 0 Å². The summed E-state index contributed by atoms with van der Waals surface area (Å²) in [4.78, 5) is 10.4. The number of rotatable bonds is 6. The van der Waals surface area contributed by atoms with Crippen molar-refractivity contribution in [1.82, 2.24) is 14.5 Å². The van der Waals surface area contributed by atoms with E-state index in [4.69, 9.17) is 14.4 Å². The largest absolute Gasteiger partial charge is 0.453 e. The van der Waals surface area contributed by atoms with Crippen LogP contribution in [0.2, 0.25) is 0 Å². The zero-order valence-corrected chi connectivity index (χ0v) is 30.3. The SMILES string of the molecule is c1ccc(-c2cccc(-c3cc(-c4ccc5c6ccccc6n(-c6cccc7c6oc6c(-c8ccccc8)cccc67)c5c4)nc(-c4ccccc4)n3)c2)cc1. The summed E-state index contributed by atoms with van der Waals surface area (Å²) >= 11 is 0. The van der Waals surface area contributed by atoms with Crippen LogP contribution in [0.4, 0.5) is 0 Å². The summed E-state index contributed by atoms with van der Waals surface area (Å²) < 4.78 is 9.29. The molecule has 56 heavy (non-hydrogen) atoms. The smallest absolute Gasteiger partial charge is 0.160 e. The standard InChI is InChI=1S/C52H33N3O/c1-4-15-34(16-5-1)37-21-12-22-38(31-37)45-33-46(54-52(53-45)36-19-8-3-9-20-36)39-29-30-42-41-23-10-11-27-47(41)55(49(42)32-39)48-28-14-26-44-43-25-13-24-40(50(43)56-51(44)48)35-17-6-2-7-18-35/h1-33H. The molecule has 0 aliphatic heterocycles. The molecule has 8 aromatic carbocycles. The van der Waals surface area contributed by atoms with Crippen molar-refractivity contribution in [2.45, 2.75) is 0 Å². The van der Waals surface area contributed by atoms with Gasteiger partial charge < -0.3 is 8.98 Å². The third-order valence-corrected chi connectivity index (χ3v) is 10.8. The van der Waals surface area contributed by atoms with Gasteiger partial charge in [-0.25, -0.2) is 9.97 Å². The fourth-order valence-corrected chi connectivity index (χ4v) is 8.16. The number of benzene rings is 8. The van der Waals surface area contributed by atoms with Crippen LogP contribution >= 0.6 is 0 Å². The summed E-state index contributed by atoms with van der Waals surface area (Å²) in [6.45, 7) is 0. The van der Waals surface area contributed by atoms with Crippen LogP contribution in [0.3, 0.4) is 0 Å².